The van der Waals surface area contributed by atoms with Crippen molar-refractivity contribution >= 4 is 46.2 Å². The zero-order valence-corrected chi connectivity index (χ0v) is 17.6. The van der Waals surface area contributed by atoms with E-state index in [1.807, 2.05) is 22.2 Å². The van der Waals surface area contributed by atoms with Crippen LogP contribution in [0, 0.1) is 11.8 Å². The Morgan fingerprint density at radius 3 is 2.88 bits per heavy atom. The number of rotatable bonds is 4. The Morgan fingerprint density at radius 1 is 1.38 bits per heavy atom. The first-order valence-electron chi connectivity index (χ1n) is 8.38. The number of aromatic nitrogens is 2. The largest absolute Gasteiger partial charge is 0.391 e. The molecule has 3 rings (SSSR count). The van der Waals surface area contributed by atoms with Crippen molar-refractivity contribution in [3.63, 3.8) is 0 Å². The number of nitrogens with zero attached hydrogens (tertiary/aromatic N) is 3. The molecule has 0 aliphatic heterocycles. The van der Waals surface area contributed by atoms with E-state index in [9.17, 15) is 13.2 Å². The summed E-state index contributed by atoms with van der Waals surface area (Å²) in [6.45, 7) is 1.02. The third-order valence-electron chi connectivity index (χ3n) is 4.61. The van der Waals surface area contributed by atoms with Gasteiger partial charge in [-0.2, -0.15) is 13.2 Å². The first-order chi connectivity index (χ1) is 12.0. The molecule has 2 heterocycles. The molecule has 0 saturated heterocycles. The van der Waals surface area contributed by atoms with Gasteiger partial charge in [0.05, 0.1) is 18.2 Å². The average molecular weight is 501 g/mol. The molecule has 1 aliphatic carbocycles. The van der Waals surface area contributed by atoms with Gasteiger partial charge >= 0.3 is 6.18 Å². The van der Waals surface area contributed by atoms with Crippen molar-refractivity contribution in [1.82, 2.24) is 20.0 Å². The fourth-order valence-electron chi connectivity index (χ4n) is 3.27. The Morgan fingerprint density at radius 2 is 2.19 bits per heavy atom. The number of hydrogen-bond donors (Lipinski definition) is 2. The molecule has 0 spiro atoms. The third-order valence-corrected chi connectivity index (χ3v) is 5.38. The number of guanidine groups is 1. The molecule has 2 aromatic rings. The van der Waals surface area contributed by atoms with Crippen LogP contribution < -0.4 is 10.6 Å². The summed E-state index contributed by atoms with van der Waals surface area (Å²) < 4.78 is 40.6. The van der Waals surface area contributed by atoms with Gasteiger partial charge in [-0.05, 0) is 25.2 Å². The van der Waals surface area contributed by atoms with Crippen molar-refractivity contribution in [2.45, 2.75) is 38.4 Å². The van der Waals surface area contributed by atoms with Crippen LogP contribution in [0.5, 0.6) is 0 Å². The van der Waals surface area contributed by atoms with Crippen LogP contribution in [0.25, 0.3) is 4.96 Å². The van der Waals surface area contributed by atoms with Crippen LogP contribution in [-0.2, 0) is 6.54 Å². The first kappa shape index (κ1) is 21.3. The number of alkyl halides is 3. The first-order valence-corrected chi connectivity index (χ1v) is 9.26. The monoisotopic (exact) mass is 501 g/mol. The lowest BCUT2D eigenvalue weighted by Crippen LogP contribution is -2.41. The summed E-state index contributed by atoms with van der Waals surface area (Å²) in [4.78, 5) is 9.54. The van der Waals surface area contributed by atoms with Crippen molar-refractivity contribution in [2.24, 2.45) is 16.8 Å². The van der Waals surface area contributed by atoms with Gasteiger partial charge in [0.2, 0.25) is 0 Å². The second-order valence-electron chi connectivity index (χ2n) is 6.40. The lowest BCUT2D eigenvalue weighted by molar-refractivity contribution is -0.185. The predicted octanol–water partition coefficient (Wildman–Crippen LogP) is 4.05. The molecular weight excluding hydrogens is 478 g/mol. The van der Waals surface area contributed by atoms with Crippen LogP contribution >= 0.6 is 35.3 Å². The maximum atomic E-state index is 12.9. The molecule has 10 heteroatoms. The number of nitrogens with one attached hydrogen (secondary N) is 2. The zero-order chi connectivity index (χ0) is 17.9. The number of hydrogen-bond acceptors (Lipinski definition) is 3. The molecule has 2 N–H and O–H groups in total. The Balaban J connectivity index is 0.00000243. The van der Waals surface area contributed by atoms with Crippen LogP contribution in [0.15, 0.2) is 22.8 Å². The summed E-state index contributed by atoms with van der Waals surface area (Å²) in [5.74, 6) is -0.552. The van der Waals surface area contributed by atoms with Gasteiger partial charge in [-0.1, -0.05) is 6.42 Å². The van der Waals surface area contributed by atoms with E-state index >= 15 is 0 Å². The fourth-order valence-corrected chi connectivity index (χ4v) is 3.99. The van der Waals surface area contributed by atoms with E-state index in [0.29, 0.717) is 25.5 Å². The summed E-state index contributed by atoms with van der Waals surface area (Å²) in [6, 6.07) is 0. The molecule has 0 radical (unpaired) electrons. The topological polar surface area (TPSA) is 53.7 Å². The molecule has 1 saturated carbocycles. The molecular formula is C16H23F3IN5S. The SMILES string of the molecule is CN=C(NCc1cn2ccsc2n1)NCC1CCCC(C(F)(F)F)C1.I. The lowest BCUT2D eigenvalue weighted by atomic mass is 9.81. The highest BCUT2D eigenvalue weighted by atomic mass is 127. The molecule has 2 unspecified atom stereocenters. The van der Waals surface area contributed by atoms with E-state index < -0.39 is 12.1 Å². The molecule has 2 atom stereocenters. The van der Waals surface area contributed by atoms with Gasteiger partial charge in [0.1, 0.15) is 0 Å². The van der Waals surface area contributed by atoms with E-state index in [-0.39, 0.29) is 42.7 Å². The van der Waals surface area contributed by atoms with Crippen LogP contribution in [0.3, 0.4) is 0 Å². The average Bonchev–Trinajstić information content (AvgIpc) is 3.16. The molecule has 0 bridgehead atoms. The normalized spacial score (nSPS) is 21.5. The standard InChI is InChI=1S/C16H22F3N5S.HI/c1-20-14(22-9-13-10-24-5-6-25-15(24)23-13)21-8-11-3-2-4-12(7-11)16(17,18)19;/h5-6,10-12H,2-4,7-9H2,1H3,(H2,20,21,22);1H. The zero-order valence-electron chi connectivity index (χ0n) is 14.4. The second-order valence-corrected chi connectivity index (χ2v) is 7.28. The minimum absolute atomic E-state index is 0. The van der Waals surface area contributed by atoms with Gasteiger partial charge in [0.25, 0.3) is 0 Å². The van der Waals surface area contributed by atoms with Crippen LogP contribution in [0.2, 0.25) is 0 Å². The predicted molar refractivity (Wildman–Crippen MR) is 108 cm³/mol. The van der Waals surface area contributed by atoms with Gasteiger partial charge < -0.3 is 10.6 Å². The van der Waals surface area contributed by atoms with Crippen molar-refractivity contribution in [1.29, 1.82) is 0 Å². The molecule has 146 valence electrons. The number of imidazole rings is 1. The van der Waals surface area contributed by atoms with Gasteiger partial charge in [-0.25, -0.2) is 4.98 Å². The van der Waals surface area contributed by atoms with Crippen molar-refractivity contribution in [3.8, 4) is 0 Å². The Hall–Kier alpha value is -1.04. The Kier molecular flexibility index (Phi) is 7.56. The molecule has 1 fully saturated rings. The number of fused-ring (bicyclic) bond motifs is 1. The van der Waals surface area contributed by atoms with Crippen LogP contribution in [0.1, 0.15) is 31.4 Å². The van der Waals surface area contributed by atoms with Crippen LogP contribution in [-0.4, -0.2) is 35.1 Å². The van der Waals surface area contributed by atoms with E-state index in [1.165, 1.54) is 0 Å². The molecule has 0 amide bonds. The fraction of sp³-hybridized carbons (Fsp3) is 0.625. The Bertz CT molecular complexity index is 698. The molecule has 5 nitrogen and oxygen atoms in total. The molecule has 26 heavy (non-hydrogen) atoms. The van der Waals surface area contributed by atoms with E-state index in [4.69, 9.17) is 0 Å². The number of halogens is 4. The highest BCUT2D eigenvalue weighted by Gasteiger charge is 2.41. The highest BCUT2D eigenvalue weighted by Crippen LogP contribution is 2.39. The lowest BCUT2D eigenvalue weighted by Gasteiger charge is -2.30. The van der Waals surface area contributed by atoms with Gasteiger partial charge in [0, 0.05) is 31.4 Å². The summed E-state index contributed by atoms with van der Waals surface area (Å²) in [5, 5.41) is 8.28. The second kappa shape index (κ2) is 9.25. The summed E-state index contributed by atoms with van der Waals surface area (Å²) in [6.07, 6.45) is 1.73. The third kappa shape index (κ3) is 5.48. The smallest absolute Gasteiger partial charge is 0.356 e. The molecule has 0 aromatic carbocycles. The number of aliphatic imine (C=N–C) groups is 1. The van der Waals surface area contributed by atoms with Crippen molar-refractivity contribution in [2.75, 3.05) is 13.6 Å². The quantitative estimate of drug-likeness (QED) is 0.378. The minimum atomic E-state index is -4.08. The minimum Gasteiger partial charge on any atom is -0.356 e. The number of thiazole rings is 1. The Labute approximate surface area is 171 Å². The van der Waals surface area contributed by atoms with Gasteiger partial charge in [-0.15, -0.1) is 35.3 Å². The summed E-state index contributed by atoms with van der Waals surface area (Å²) >= 11 is 1.57. The van der Waals surface area contributed by atoms with Crippen molar-refractivity contribution < 1.29 is 13.2 Å². The summed E-state index contributed by atoms with van der Waals surface area (Å²) in [7, 11) is 1.65. The summed E-state index contributed by atoms with van der Waals surface area (Å²) in [5.41, 5.74) is 0.893. The van der Waals surface area contributed by atoms with E-state index in [0.717, 1.165) is 17.1 Å². The van der Waals surface area contributed by atoms with Crippen molar-refractivity contribution in [3.05, 3.63) is 23.5 Å². The van der Waals surface area contributed by atoms with E-state index in [1.54, 1.807) is 18.4 Å². The van der Waals surface area contributed by atoms with Crippen LogP contribution in [0.4, 0.5) is 13.2 Å². The van der Waals surface area contributed by atoms with Gasteiger partial charge in [0.15, 0.2) is 10.9 Å². The molecule has 1 aliphatic rings. The maximum absolute atomic E-state index is 12.9. The highest BCUT2D eigenvalue weighted by molar-refractivity contribution is 14.0. The maximum Gasteiger partial charge on any atom is 0.391 e. The van der Waals surface area contributed by atoms with E-state index in [2.05, 4.69) is 20.6 Å². The van der Waals surface area contributed by atoms with Gasteiger partial charge in [-0.3, -0.25) is 9.39 Å². The molecule has 2 aromatic heterocycles.